The maximum atomic E-state index is 2.65. The number of rotatable bonds is 8. The zero-order valence-corrected chi connectivity index (χ0v) is 15.2. The van der Waals surface area contributed by atoms with E-state index >= 15 is 0 Å². The van der Waals surface area contributed by atoms with Crippen LogP contribution in [0.2, 0.25) is 0 Å². The molecule has 2 aliphatic rings. The molecular weight excluding hydrogens is 240 g/mol. The number of hydrogen-bond acceptors (Lipinski definition) is 0. The minimum atomic E-state index is 0.562. The Labute approximate surface area is 128 Å². The molecule has 0 spiro atoms. The first kappa shape index (κ1) is 16.4. The molecule has 5 unspecified atom stereocenters. The lowest BCUT2D eigenvalue weighted by Gasteiger charge is -2.42. The van der Waals surface area contributed by atoms with Crippen molar-refractivity contribution >= 4 is 0 Å². The van der Waals surface area contributed by atoms with Gasteiger partial charge in [-0.3, -0.25) is 0 Å². The predicted octanol–water partition coefficient (Wildman–Crippen LogP) is 6.69. The smallest absolute Gasteiger partial charge is 0.0181 e. The second-order valence-electron chi connectivity index (χ2n) is 9.14. The number of fused-ring (bicyclic) bond motifs is 1. The van der Waals surface area contributed by atoms with E-state index in [1.54, 1.807) is 0 Å². The molecule has 0 radical (unpaired) electrons. The van der Waals surface area contributed by atoms with Gasteiger partial charge in [0, 0.05) is 0 Å². The SMILES string of the molecule is CCCC(CC)CC(C)(CC(C)C)C1(C)C2CCC21C. The third-order valence-corrected chi connectivity index (χ3v) is 7.65. The van der Waals surface area contributed by atoms with E-state index in [9.17, 15) is 0 Å². The second-order valence-corrected chi connectivity index (χ2v) is 9.14. The first-order valence-electron chi connectivity index (χ1n) is 9.25. The fourth-order valence-electron chi connectivity index (χ4n) is 6.27. The highest BCUT2D eigenvalue weighted by Gasteiger charge is 2.80. The quantitative estimate of drug-likeness (QED) is 0.464. The van der Waals surface area contributed by atoms with E-state index in [2.05, 4.69) is 48.5 Å². The van der Waals surface area contributed by atoms with Gasteiger partial charge in [0.2, 0.25) is 0 Å². The van der Waals surface area contributed by atoms with Crippen molar-refractivity contribution < 1.29 is 0 Å². The number of hydrogen-bond donors (Lipinski definition) is 0. The van der Waals surface area contributed by atoms with Crippen LogP contribution in [0.4, 0.5) is 0 Å². The lowest BCUT2D eigenvalue weighted by Crippen LogP contribution is -2.34. The van der Waals surface area contributed by atoms with Gasteiger partial charge in [-0.15, -0.1) is 0 Å². The summed E-state index contributed by atoms with van der Waals surface area (Å²) in [6.07, 6.45) is 10.1. The molecule has 118 valence electrons. The van der Waals surface area contributed by atoms with Crippen molar-refractivity contribution in [1.82, 2.24) is 0 Å². The van der Waals surface area contributed by atoms with E-state index in [-0.39, 0.29) is 0 Å². The Bertz CT molecular complexity index is 344. The van der Waals surface area contributed by atoms with Crippen molar-refractivity contribution in [2.45, 2.75) is 93.4 Å². The molecule has 2 fully saturated rings. The van der Waals surface area contributed by atoms with Crippen LogP contribution in [0.5, 0.6) is 0 Å². The summed E-state index contributed by atoms with van der Waals surface area (Å²) in [6, 6.07) is 0. The van der Waals surface area contributed by atoms with Crippen LogP contribution in [0.1, 0.15) is 93.4 Å². The van der Waals surface area contributed by atoms with Crippen LogP contribution in [0.25, 0.3) is 0 Å². The Balaban J connectivity index is 2.18. The first-order valence-corrected chi connectivity index (χ1v) is 9.25. The maximum Gasteiger partial charge on any atom is -0.0181 e. The van der Waals surface area contributed by atoms with Crippen LogP contribution >= 0.6 is 0 Å². The van der Waals surface area contributed by atoms with Gasteiger partial charge in [-0.1, -0.05) is 67.7 Å². The van der Waals surface area contributed by atoms with Gasteiger partial charge in [0.05, 0.1) is 0 Å². The van der Waals surface area contributed by atoms with Crippen molar-refractivity contribution in [3.8, 4) is 0 Å². The zero-order chi connectivity index (χ0) is 15.2. The molecule has 0 heteroatoms. The van der Waals surface area contributed by atoms with E-state index < -0.39 is 0 Å². The van der Waals surface area contributed by atoms with E-state index in [1.165, 1.54) is 44.9 Å². The summed E-state index contributed by atoms with van der Waals surface area (Å²) in [6.45, 7) is 17.5. The Hall–Kier alpha value is 0. The van der Waals surface area contributed by atoms with E-state index in [0.717, 1.165) is 17.8 Å². The highest BCUT2D eigenvalue weighted by molar-refractivity contribution is 5.28. The minimum absolute atomic E-state index is 0.562. The molecule has 0 aromatic heterocycles. The molecule has 0 nitrogen and oxygen atoms in total. The summed E-state index contributed by atoms with van der Waals surface area (Å²) in [5.41, 5.74) is 1.89. The largest absolute Gasteiger partial charge is 0.0654 e. The Kier molecular flexibility index (Phi) is 4.36. The van der Waals surface area contributed by atoms with Gasteiger partial charge < -0.3 is 0 Å². The molecule has 0 N–H and O–H groups in total. The van der Waals surface area contributed by atoms with Crippen LogP contribution < -0.4 is 0 Å². The molecule has 0 saturated heterocycles. The lowest BCUT2D eigenvalue weighted by molar-refractivity contribution is 0.0681. The molecular formula is C20H38. The Morgan fingerprint density at radius 2 is 1.75 bits per heavy atom. The summed E-state index contributed by atoms with van der Waals surface area (Å²) in [5.74, 6) is 2.82. The zero-order valence-electron chi connectivity index (χ0n) is 15.2. The highest BCUT2D eigenvalue weighted by Crippen LogP contribution is 2.86. The van der Waals surface area contributed by atoms with Gasteiger partial charge in [-0.2, -0.15) is 0 Å². The molecule has 0 bridgehead atoms. The average molecular weight is 279 g/mol. The van der Waals surface area contributed by atoms with E-state index in [1.807, 2.05) is 0 Å². The van der Waals surface area contributed by atoms with Gasteiger partial charge in [0.25, 0.3) is 0 Å². The summed E-state index contributed by atoms with van der Waals surface area (Å²) < 4.78 is 0. The fourth-order valence-corrected chi connectivity index (χ4v) is 6.27. The van der Waals surface area contributed by atoms with Crippen LogP contribution in [0.3, 0.4) is 0 Å². The monoisotopic (exact) mass is 278 g/mol. The Morgan fingerprint density at radius 3 is 2.10 bits per heavy atom. The summed E-state index contributed by atoms with van der Waals surface area (Å²) in [4.78, 5) is 0. The lowest BCUT2D eigenvalue weighted by atomic mass is 9.62. The van der Waals surface area contributed by atoms with Gasteiger partial charge in [0.15, 0.2) is 0 Å². The second kappa shape index (κ2) is 5.33. The molecule has 20 heavy (non-hydrogen) atoms. The summed E-state index contributed by atoms with van der Waals surface area (Å²) in [5, 5.41) is 0. The minimum Gasteiger partial charge on any atom is -0.0654 e. The van der Waals surface area contributed by atoms with Crippen molar-refractivity contribution in [2.75, 3.05) is 0 Å². The summed E-state index contributed by atoms with van der Waals surface area (Å²) in [7, 11) is 0. The molecule has 5 atom stereocenters. The van der Waals surface area contributed by atoms with E-state index in [4.69, 9.17) is 0 Å². The third-order valence-electron chi connectivity index (χ3n) is 7.65. The van der Waals surface area contributed by atoms with Crippen molar-refractivity contribution in [1.29, 1.82) is 0 Å². The fraction of sp³-hybridized carbons (Fsp3) is 1.00. The average Bonchev–Trinajstić information content (AvgIpc) is 2.68. The molecule has 0 aliphatic heterocycles. The molecule has 0 aromatic carbocycles. The molecule has 2 saturated carbocycles. The van der Waals surface area contributed by atoms with Crippen molar-refractivity contribution in [3.05, 3.63) is 0 Å². The molecule has 0 aromatic rings. The highest BCUT2D eigenvalue weighted by atomic mass is 14.8. The summed E-state index contributed by atoms with van der Waals surface area (Å²) >= 11 is 0. The first-order chi connectivity index (χ1) is 9.25. The van der Waals surface area contributed by atoms with Crippen LogP contribution in [-0.4, -0.2) is 0 Å². The molecule has 0 amide bonds. The molecule has 2 aliphatic carbocycles. The van der Waals surface area contributed by atoms with Crippen LogP contribution in [0.15, 0.2) is 0 Å². The third kappa shape index (κ3) is 2.17. The Morgan fingerprint density at radius 1 is 1.15 bits per heavy atom. The van der Waals surface area contributed by atoms with Crippen molar-refractivity contribution in [3.63, 3.8) is 0 Å². The predicted molar refractivity (Wildman–Crippen MR) is 89.8 cm³/mol. The molecule has 2 rings (SSSR count). The van der Waals surface area contributed by atoms with E-state index in [0.29, 0.717) is 16.2 Å². The van der Waals surface area contributed by atoms with Gasteiger partial charge >= 0.3 is 0 Å². The van der Waals surface area contributed by atoms with Gasteiger partial charge in [-0.05, 0) is 59.7 Å². The maximum absolute atomic E-state index is 2.65. The van der Waals surface area contributed by atoms with Crippen molar-refractivity contribution in [2.24, 2.45) is 34.0 Å². The normalized spacial score (nSPS) is 39.9. The van der Waals surface area contributed by atoms with Crippen LogP contribution in [-0.2, 0) is 0 Å². The van der Waals surface area contributed by atoms with Gasteiger partial charge in [0.1, 0.15) is 0 Å². The molecule has 0 heterocycles. The standard InChI is InChI=1S/C20H38/c1-8-10-16(9-2)14-18(5,13-15(3)4)20(7)17-11-12-19(17,20)6/h15-17H,8-14H2,1-7H3. The topological polar surface area (TPSA) is 0 Å². The van der Waals surface area contributed by atoms with Gasteiger partial charge in [-0.25, -0.2) is 0 Å². The van der Waals surface area contributed by atoms with Crippen LogP contribution in [0, 0.1) is 34.0 Å².